The van der Waals surface area contributed by atoms with E-state index in [9.17, 15) is 15.3 Å². The quantitative estimate of drug-likeness (QED) is 0.632. The van der Waals surface area contributed by atoms with E-state index in [0.717, 1.165) is 0 Å². The van der Waals surface area contributed by atoms with Gasteiger partial charge in [-0.15, -0.1) is 0 Å². The minimum absolute atomic E-state index is 0.0156. The Morgan fingerprint density at radius 1 is 1.18 bits per heavy atom. The Labute approximate surface area is 102 Å². The molecule has 0 amide bonds. The van der Waals surface area contributed by atoms with Crippen LogP contribution in [0.2, 0.25) is 0 Å². The molecule has 0 heterocycles. The molecule has 2 atom stereocenters. The summed E-state index contributed by atoms with van der Waals surface area (Å²) < 4.78 is 0. The van der Waals surface area contributed by atoms with Crippen LogP contribution in [0, 0.1) is 5.92 Å². The van der Waals surface area contributed by atoms with E-state index in [1.807, 2.05) is 20.8 Å². The van der Waals surface area contributed by atoms with E-state index in [4.69, 9.17) is 0 Å². The van der Waals surface area contributed by atoms with Gasteiger partial charge in [-0.3, -0.25) is 0 Å². The van der Waals surface area contributed by atoms with Crippen LogP contribution in [0.3, 0.4) is 0 Å². The number of phenolic OH excluding ortho intramolecular Hbond substituents is 2. The maximum absolute atomic E-state index is 9.72. The van der Waals surface area contributed by atoms with E-state index in [0.29, 0.717) is 11.5 Å². The number of benzene rings is 1. The number of aliphatic hydroxyl groups is 1. The molecular weight excluding hydrogens is 218 g/mol. The molecule has 0 aliphatic rings. The summed E-state index contributed by atoms with van der Waals surface area (Å²) in [4.78, 5) is 0. The van der Waals surface area contributed by atoms with E-state index < -0.39 is 0 Å². The third-order valence-corrected chi connectivity index (χ3v) is 2.95. The Kier molecular flexibility index (Phi) is 4.78. The molecule has 4 N–H and O–H groups in total. The highest BCUT2D eigenvalue weighted by Crippen LogP contribution is 2.28. The second-order valence-corrected chi connectivity index (χ2v) is 4.66. The van der Waals surface area contributed by atoms with E-state index in [-0.39, 0.29) is 30.2 Å². The third kappa shape index (κ3) is 3.61. The Morgan fingerprint density at radius 2 is 1.82 bits per heavy atom. The number of hydrogen-bond donors (Lipinski definition) is 4. The molecule has 0 aromatic heterocycles. The van der Waals surface area contributed by atoms with Gasteiger partial charge in [0.25, 0.3) is 0 Å². The molecule has 0 aliphatic carbocycles. The van der Waals surface area contributed by atoms with Gasteiger partial charge < -0.3 is 20.6 Å². The smallest absolute Gasteiger partial charge is 0.124 e. The monoisotopic (exact) mass is 239 g/mol. The van der Waals surface area contributed by atoms with Gasteiger partial charge in [-0.2, -0.15) is 0 Å². The van der Waals surface area contributed by atoms with Crippen molar-refractivity contribution in [2.24, 2.45) is 5.92 Å². The average molecular weight is 239 g/mol. The molecule has 0 fully saturated rings. The fourth-order valence-corrected chi connectivity index (χ4v) is 1.77. The summed E-state index contributed by atoms with van der Waals surface area (Å²) in [6.07, 6.45) is 0. The first-order valence-corrected chi connectivity index (χ1v) is 5.84. The van der Waals surface area contributed by atoms with Gasteiger partial charge >= 0.3 is 0 Å². The molecule has 0 saturated heterocycles. The highest BCUT2D eigenvalue weighted by atomic mass is 16.3. The zero-order valence-corrected chi connectivity index (χ0v) is 10.5. The van der Waals surface area contributed by atoms with E-state index >= 15 is 0 Å². The van der Waals surface area contributed by atoms with Gasteiger partial charge in [0.1, 0.15) is 11.5 Å². The van der Waals surface area contributed by atoms with Gasteiger partial charge in [-0.1, -0.05) is 19.9 Å². The zero-order chi connectivity index (χ0) is 13.0. The molecule has 17 heavy (non-hydrogen) atoms. The minimum atomic E-state index is -0.0878. The van der Waals surface area contributed by atoms with Gasteiger partial charge in [-0.25, -0.2) is 0 Å². The van der Waals surface area contributed by atoms with Crippen LogP contribution in [0.5, 0.6) is 11.5 Å². The molecule has 0 aliphatic heterocycles. The highest BCUT2D eigenvalue weighted by molar-refractivity contribution is 5.40. The van der Waals surface area contributed by atoms with Crippen molar-refractivity contribution in [1.29, 1.82) is 0 Å². The number of phenols is 2. The number of aromatic hydroxyl groups is 2. The van der Waals surface area contributed by atoms with Crippen LogP contribution in [-0.2, 0) is 0 Å². The molecule has 96 valence electrons. The summed E-state index contributed by atoms with van der Waals surface area (Å²) in [6.45, 7) is 6.02. The SMILES string of the molecule is CC(NC(CO)C(C)C)c1ccc(O)cc1O. The van der Waals surface area contributed by atoms with Crippen molar-refractivity contribution >= 4 is 0 Å². The Balaban J connectivity index is 2.78. The van der Waals surface area contributed by atoms with Crippen molar-refractivity contribution in [2.75, 3.05) is 6.61 Å². The predicted molar refractivity (Wildman–Crippen MR) is 67.0 cm³/mol. The third-order valence-electron chi connectivity index (χ3n) is 2.95. The molecule has 1 rings (SSSR count). The van der Waals surface area contributed by atoms with Crippen LogP contribution in [0.25, 0.3) is 0 Å². The predicted octanol–water partition coefficient (Wildman–Crippen LogP) is 1.77. The highest BCUT2D eigenvalue weighted by Gasteiger charge is 2.17. The molecule has 4 heteroatoms. The topological polar surface area (TPSA) is 72.7 Å². The molecule has 0 saturated carbocycles. The molecular formula is C13H21NO3. The molecule has 1 aromatic carbocycles. The number of aliphatic hydroxyl groups excluding tert-OH is 1. The lowest BCUT2D eigenvalue weighted by atomic mass is 10.0. The fourth-order valence-electron chi connectivity index (χ4n) is 1.77. The van der Waals surface area contributed by atoms with Crippen LogP contribution >= 0.6 is 0 Å². The zero-order valence-electron chi connectivity index (χ0n) is 10.5. The molecule has 0 spiro atoms. The molecule has 1 aromatic rings. The normalized spacial score (nSPS) is 14.9. The van der Waals surface area contributed by atoms with Crippen molar-refractivity contribution in [3.63, 3.8) is 0 Å². The van der Waals surface area contributed by atoms with Crippen molar-refractivity contribution in [1.82, 2.24) is 5.32 Å². The summed E-state index contributed by atoms with van der Waals surface area (Å²) in [6, 6.07) is 4.43. The van der Waals surface area contributed by atoms with Crippen LogP contribution in [-0.4, -0.2) is 28.0 Å². The van der Waals surface area contributed by atoms with Crippen LogP contribution in [0.15, 0.2) is 18.2 Å². The summed E-state index contributed by atoms with van der Waals surface area (Å²) in [5.74, 6) is 0.410. The molecule has 0 radical (unpaired) electrons. The van der Waals surface area contributed by atoms with E-state index in [2.05, 4.69) is 5.32 Å². The minimum Gasteiger partial charge on any atom is -0.508 e. The molecule has 0 bridgehead atoms. The van der Waals surface area contributed by atoms with Crippen molar-refractivity contribution in [3.8, 4) is 11.5 Å². The lowest BCUT2D eigenvalue weighted by Gasteiger charge is -2.25. The van der Waals surface area contributed by atoms with Crippen molar-refractivity contribution in [3.05, 3.63) is 23.8 Å². The summed E-state index contributed by atoms with van der Waals surface area (Å²) in [5.41, 5.74) is 0.710. The van der Waals surface area contributed by atoms with Gasteiger partial charge in [0, 0.05) is 23.7 Å². The first kappa shape index (κ1) is 13.8. The van der Waals surface area contributed by atoms with Crippen molar-refractivity contribution < 1.29 is 15.3 Å². The van der Waals surface area contributed by atoms with Gasteiger partial charge in [0.2, 0.25) is 0 Å². The summed E-state index contributed by atoms with van der Waals surface area (Å²) in [7, 11) is 0. The van der Waals surface area contributed by atoms with Crippen LogP contribution in [0.1, 0.15) is 32.4 Å². The second-order valence-electron chi connectivity index (χ2n) is 4.66. The first-order chi connectivity index (χ1) is 7.95. The number of rotatable bonds is 5. The van der Waals surface area contributed by atoms with Crippen molar-refractivity contribution in [2.45, 2.75) is 32.9 Å². The molecule has 2 unspecified atom stereocenters. The summed E-state index contributed by atoms with van der Waals surface area (Å²) in [5, 5.41) is 31.4. The largest absolute Gasteiger partial charge is 0.508 e. The van der Waals surface area contributed by atoms with E-state index in [1.54, 1.807) is 6.07 Å². The Bertz CT molecular complexity index is 366. The average Bonchev–Trinajstić information content (AvgIpc) is 2.24. The lowest BCUT2D eigenvalue weighted by Crippen LogP contribution is -2.38. The Morgan fingerprint density at radius 3 is 2.29 bits per heavy atom. The number of hydrogen-bond acceptors (Lipinski definition) is 4. The summed E-state index contributed by atoms with van der Waals surface area (Å²) >= 11 is 0. The second kappa shape index (κ2) is 5.89. The van der Waals surface area contributed by atoms with E-state index in [1.165, 1.54) is 12.1 Å². The fraction of sp³-hybridized carbons (Fsp3) is 0.538. The Hall–Kier alpha value is -1.26. The number of nitrogens with one attached hydrogen (secondary N) is 1. The maximum Gasteiger partial charge on any atom is 0.124 e. The van der Waals surface area contributed by atoms with Gasteiger partial charge in [0.15, 0.2) is 0 Å². The maximum atomic E-state index is 9.72. The van der Waals surface area contributed by atoms with Gasteiger partial charge in [-0.05, 0) is 18.9 Å². The lowest BCUT2D eigenvalue weighted by molar-refractivity contribution is 0.201. The van der Waals surface area contributed by atoms with Gasteiger partial charge in [0.05, 0.1) is 6.61 Å². The first-order valence-electron chi connectivity index (χ1n) is 5.84. The van der Waals surface area contributed by atoms with Crippen LogP contribution < -0.4 is 5.32 Å². The van der Waals surface area contributed by atoms with Crippen LogP contribution in [0.4, 0.5) is 0 Å². The standard InChI is InChI=1S/C13H21NO3/c1-8(2)12(7-15)14-9(3)11-5-4-10(16)6-13(11)17/h4-6,8-9,12,14-17H,7H2,1-3H3. The molecule has 4 nitrogen and oxygen atoms in total.